The zero-order valence-corrected chi connectivity index (χ0v) is 19.0. The van der Waals surface area contributed by atoms with Crippen molar-refractivity contribution in [2.45, 2.75) is 32.1 Å². The first-order valence-corrected chi connectivity index (χ1v) is 11.8. The predicted octanol–water partition coefficient (Wildman–Crippen LogP) is 3.36. The number of carbonyl (C=O) groups excluding carboxylic acids is 1. The van der Waals surface area contributed by atoms with Gasteiger partial charge in [-0.3, -0.25) is 15.1 Å². The second-order valence-corrected chi connectivity index (χ2v) is 10.3. The van der Waals surface area contributed by atoms with Crippen LogP contribution in [-0.4, -0.2) is 46.9 Å². The number of rotatable bonds is 5. The number of anilines is 1. The lowest BCUT2D eigenvalue weighted by molar-refractivity contribution is 0.102. The molecule has 9 nitrogen and oxygen atoms in total. The SMILES string of the molecule is Cc1ccc(-c2nnc(NC(=O)c3cncc(S(=O)(=O)N4C[C@H](C)C[C@H](C)C4)c3)o2)cc1. The largest absolute Gasteiger partial charge is 0.403 e. The molecular formula is C22H25N5O4S. The third-order valence-electron chi connectivity index (χ3n) is 5.39. The van der Waals surface area contributed by atoms with Crippen LogP contribution in [0, 0.1) is 18.8 Å². The molecule has 2 aromatic heterocycles. The van der Waals surface area contributed by atoms with E-state index in [0.717, 1.165) is 17.5 Å². The van der Waals surface area contributed by atoms with Crippen molar-refractivity contribution in [1.29, 1.82) is 0 Å². The first-order valence-electron chi connectivity index (χ1n) is 10.4. The van der Waals surface area contributed by atoms with Crippen molar-refractivity contribution in [3.63, 3.8) is 0 Å². The van der Waals surface area contributed by atoms with E-state index in [9.17, 15) is 13.2 Å². The fourth-order valence-corrected chi connectivity index (χ4v) is 5.56. The van der Waals surface area contributed by atoms with E-state index in [1.807, 2.05) is 45.0 Å². The van der Waals surface area contributed by atoms with Crippen molar-refractivity contribution in [2.75, 3.05) is 18.4 Å². The number of aryl methyl sites for hydroxylation is 1. The zero-order chi connectivity index (χ0) is 22.9. The van der Waals surface area contributed by atoms with E-state index in [-0.39, 0.29) is 34.2 Å². The summed E-state index contributed by atoms with van der Waals surface area (Å²) < 4.78 is 33.2. The van der Waals surface area contributed by atoms with Crippen LogP contribution in [0.15, 0.2) is 52.0 Å². The van der Waals surface area contributed by atoms with Crippen molar-refractivity contribution >= 4 is 21.9 Å². The van der Waals surface area contributed by atoms with E-state index in [0.29, 0.717) is 13.1 Å². The maximum atomic E-state index is 13.1. The maximum Gasteiger partial charge on any atom is 0.322 e. The highest BCUT2D eigenvalue weighted by atomic mass is 32.2. The van der Waals surface area contributed by atoms with E-state index in [1.54, 1.807) is 0 Å². The lowest BCUT2D eigenvalue weighted by Crippen LogP contribution is -2.42. The minimum Gasteiger partial charge on any atom is -0.403 e. The van der Waals surface area contributed by atoms with Crippen LogP contribution >= 0.6 is 0 Å². The van der Waals surface area contributed by atoms with Gasteiger partial charge in [-0.15, -0.1) is 5.10 Å². The van der Waals surface area contributed by atoms with Crippen molar-refractivity contribution in [1.82, 2.24) is 19.5 Å². The molecule has 0 bridgehead atoms. The molecule has 1 N–H and O–H groups in total. The van der Waals surface area contributed by atoms with E-state index < -0.39 is 15.9 Å². The van der Waals surface area contributed by atoms with Crippen LogP contribution in [0.1, 0.15) is 36.2 Å². The van der Waals surface area contributed by atoms with E-state index in [1.165, 1.54) is 22.8 Å². The monoisotopic (exact) mass is 455 g/mol. The van der Waals surface area contributed by atoms with Crippen molar-refractivity contribution in [2.24, 2.45) is 11.8 Å². The number of nitrogens with one attached hydrogen (secondary N) is 1. The molecule has 0 aliphatic carbocycles. The Balaban J connectivity index is 1.51. The van der Waals surface area contributed by atoms with E-state index in [4.69, 9.17) is 4.42 Å². The van der Waals surface area contributed by atoms with Gasteiger partial charge in [0, 0.05) is 31.0 Å². The molecule has 0 spiro atoms. The van der Waals surface area contributed by atoms with Crippen LogP contribution in [0.5, 0.6) is 0 Å². The number of aromatic nitrogens is 3. The molecule has 3 aromatic rings. The molecule has 10 heteroatoms. The van der Waals surface area contributed by atoms with Gasteiger partial charge in [-0.1, -0.05) is 36.6 Å². The predicted molar refractivity (Wildman–Crippen MR) is 118 cm³/mol. The Labute approximate surface area is 186 Å². The number of piperidine rings is 1. The van der Waals surface area contributed by atoms with Crippen molar-refractivity contribution in [3.05, 3.63) is 53.9 Å². The second-order valence-electron chi connectivity index (χ2n) is 8.41. The van der Waals surface area contributed by atoms with Gasteiger partial charge < -0.3 is 4.42 Å². The first-order chi connectivity index (χ1) is 15.2. The van der Waals surface area contributed by atoms with Gasteiger partial charge in [-0.05, 0) is 43.4 Å². The summed E-state index contributed by atoms with van der Waals surface area (Å²) in [5, 5.41) is 10.3. The van der Waals surface area contributed by atoms with Crippen LogP contribution in [0.25, 0.3) is 11.5 Å². The van der Waals surface area contributed by atoms with Crippen LogP contribution in [0.3, 0.4) is 0 Å². The highest BCUT2D eigenvalue weighted by Gasteiger charge is 2.32. The van der Waals surface area contributed by atoms with Gasteiger partial charge in [0.15, 0.2) is 0 Å². The summed E-state index contributed by atoms with van der Waals surface area (Å²) in [5.41, 5.74) is 1.90. The summed E-state index contributed by atoms with van der Waals surface area (Å²) in [6.07, 6.45) is 3.55. The molecule has 1 amide bonds. The van der Waals surface area contributed by atoms with Crippen molar-refractivity contribution < 1.29 is 17.6 Å². The van der Waals surface area contributed by atoms with Gasteiger partial charge in [0.2, 0.25) is 15.9 Å². The molecule has 0 saturated carbocycles. The van der Waals surface area contributed by atoms with E-state index in [2.05, 4.69) is 20.5 Å². The third-order valence-corrected chi connectivity index (χ3v) is 7.19. The van der Waals surface area contributed by atoms with Gasteiger partial charge >= 0.3 is 6.01 Å². The Morgan fingerprint density at radius 1 is 1.09 bits per heavy atom. The zero-order valence-electron chi connectivity index (χ0n) is 18.1. The van der Waals surface area contributed by atoms with Crippen LogP contribution < -0.4 is 5.32 Å². The number of sulfonamides is 1. The highest BCUT2D eigenvalue weighted by Crippen LogP contribution is 2.27. The smallest absolute Gasteiger partial charge is 0.322 e. The summed E-state index contributed by atoms with van der Waals surface area (Å²) in [7, 11) is -3.75. The Morgan fingerprint density at radius 2 is 1.78 bits per heavy atom. The number of benzene rings is 1. The topological polar surface area (TPSA) is 118 Å². The normalized spacial score (nSPS) is 19.6. The van der Waals surface area contributed by atoms with Crippen LogP contribution in [0.2, 0.25) is 0 Å². The minimum atomic E-state index is -3.75. The number of hydrogen-bond acceptors (Lipinski definition) is 7. The molecule has 0 unspecified atom stereocenters. The van der Waals surface area contributed by atoms with Gasteiger partial charge in [0.1, 0.15) is 4.90 Å². The lowest BCUT2D eigenvalue weighted by Gasteiger charge is -2.33. The Hall–Kier alpha value is -3.11. The Bertz CT molecular complexity index is 1210. The molecular weight excluding hydrogens is 430 g/mol. The first kappa shape index (κ1) is 22.1. The standard InChI is InChI=1S/C22H25N5O4S/c1-14-4-6-17(7-5-14)21-25-26-22(31-21)24-20(28)18-9-19(11-23-10-18)32(29,30)27-12-15(2)8-16(3)13-27/h4-7,9-11,15-16H,8,12-13H2,1-3H3,(H,24,26,28)/t15-,16+. The molecule has 168 valence electrons. The highest BCUT2D eigenvalue weighted by molar-refractivity contribution is 7.89. The number of nitrogens with zero attached hydrogens (tertiary/aromatic N) is 4. The van der Waals surface area contributed by atoms with Gasteiger partial charge in [-0.2, -0.15) is 4.31 Å². The summed E-state index contributed by atoms with van der Waals surface area (Å²) in [6.45, 7) is 6.95. The molecule has 1 aliphatic heterocycles. The quantitative estimate of drug-likeness (QED) is 0.627. The van der Waals surface area contributed by atoms with Crippen LogP contribution in [0.4, 0.5) is 6.01 Å². The van der Waals surface area contributed by atoms with Gasteiger partial charge in [0.25, 0.3) is 5.91 Å². The summed E-state index contributed by atoms with van der Waals surface area (Å²) in [5.74, 6) is 0.221. The lowest BCUT2D eigenvalue weighted by atomic mass is 9.94. The molecule has 4 rings (SSSR count). The number of carbonyl (C=O) groups is 1. The average Bonchev–Trinajstić information content (AvgIpc) is 3.22. The van der Waals surface area contributed by atoms with Crippen molar-refractivity contribution in [3.8, 4) is 11.5 Å². The van der Waals surface area contributed by atoms with Crippen LogP contribution in [-0.2, 0) is 10.0 Å². The fraction of sp³-hybridized carbons (Fsp3) is 0.364. The maximum absolute atomic E-state index is 13.1. The molecule has 1 saturated heterocycles. The molecule has 1 fully saturated rings. The summed E-state index contributed by atoms with van der Waals surface area (Å²) in [6, 6.07) is 8.75. The molecule has 32 heavy (non-hydrogen) atoms. The molecule has 1 aromatic carbocycles. The summed E-state index contributed by atoms with van der Waals surface area (Å²) in [4.78, 5) is 16.6. The molecule has 3 heterocycles. The molecule has 0 radical (unpaired) electrons. The van der Waals surface area contributed by atoms with Gasteiger partial charge in [-0.25, -0.2) is 8.42 Å². The molecule has 1 aliphatic rings. The second kappa shape index (κ2) is 8.79. The fourth-order valence-electron chi connectivity index (χ4n) is 3.89. The number of amides is 1. The number of hydrogen-bond donors (Lipinski definition) is 1. The molecule has 2 atom stereocenters. The van der Waals surface area contributed by atoms with E-state index >= 15 is 0 Å². The summed E-state index contributed by atoms with van der Waals surface area (Å²) >= 11 is 0. The Kier molecular flexibility index (Phi) is 6.07. The Morgan fingerprint density at radius 3 is 2.47 bits per heavy atom. The third kappa shape index (κ3) is 4.71. The average molecular weight is 456 g/mol. The van der Waals surface area contributed by atoms with Gasteiger partial charge in [0.05, 0.1) is 5.56 Å². The minimum absolute atomic E-state index is 0.0164. The number of pyridine rings is 1.